The fourth-order valence-electron chi connectivity index (χ4n) is 2.09. The van der Waals surface area contributed by atoms with Crippen LogP contribution in [-0.4, -0.2) is 31.5 Å². The minimum Gasteiger partial charge on any atom is -0.497 e. The van der Waals surface area contributed by atoms with Crippen molar-refractivity contribution in [3.05, 3.63) is 29.8 Å². The molecule has 1 aliphatic rings. The van der Waals surface area contributed by atoms with Crippen molar-refractivity contribution in [2.75, 3.05) is 13.7 Å². The highest BCUT2D eigenvalue weighted by atomic mass is 16.5. The predicted molar refractivity (Wildman–Crippen MR) is 70.9 cm³/mol. The molecule has 1 unspecified atom stereocenters. The van der Waals surface area contributed by atoms with Gasteiger partial charge in [0.2, 0.25) is 11.8 Å². The molecule has 5 heteroatoms. The smallest absolute Gasteiger partial charge is 0.222 e. The Bertz CT molecular complexity index is 474. The Morgan fingerprint density at radius 2 is 2.37 bits per heavy atom. The zero-order chi connectivity index (χ0) is 13.7. The van der Waals surface area contributed by atoms with Crippen LogP contribution < -0.4 is 15.4 Å². The molecule has 19 heavy (non-hydrogen) atoms. The zero-order valence-corrected chi connectivity index (χ0v) is 10.9. The molecular weight excluding hydrogens is 244 g/mol. The third-order valence-corrected chi connectivity index (χ3v) is 3.12. The molecule has 1 heterocycles. The Labute approximate surface area is 112 Å². The number of methoxy groups -OCH3 is 1. The molecule has 102 valence electrons. The van der Waals surface area contributed by atoms with E-state index in [1.165, 1.54) is 0 Å². The van der Waals surface area contributed by atoms with Crippen molar-refractivity contribution in [2.24, 2.45) is 0 Å². The average Bonchev–Trinajstić information content (AvgIpc) is 2.82. The number of nitrogens with one attached hydrogen (secondary N) is 2. The highest BCUT2D eigenvalue weighted by molar-refractivity contribution is 5.82. The molecule has 0 bridgehead atoms. The summed E-state index contributed by atoms with van der Waals surface area (Å²) in [5, 5.41) is 5.55. The molecule has 2 amide bonds. The lowest BCUT2D eigenvalue weighted by molar-refractivity contribution is -0.121. The fraction of sp³-hybridized carbons (Fsp3) is 0.429. The Morgan fingerprint density at radius 1 is 1.53 bits per heavy atom. The highest BCUT2D eigenvalue weighted by Crippen LogP contribution is 2.13. The number of hydrogen-bond donors (Lipinski definition) is 2. The van der Waals surface area contributed by atoms with Crippen LogP contribution in [0.5, 0.6) is 5.75 Å². The zero-order valence-electron chi connectivity index (χ0n) is 10.9. The molecule has 1 aromatic rings. The summed E-state index contributed by atoms with van der Waals surface area (Å²) in [6.45, 7) is 0.531. The van der Waals surface area contributed by atoms with Crippen LogP contribution in [0, 0.1) is 0 Å². The molecule has 0 aromatic heterocycles. The molecule has 1 aromatic carbocycles. The average molecular weight is 262 g/mol. The van der Waals surface area contributed by atoms with E-state index in [0.717, 1.165) is 11.3 Å². The van der Waals surface area contributed by atoms with Gasteiger partial charge in [-0.05, 0) is 24.1 Å². The molecule has 5 nitrogen and oxygen atoms in total. The van der Waals surface area contributed by atoms with Gasteiger partial charge in [-0.3, -0.25) is 9.59 Å². The van der Waals surface area contributed by atoms with Crippen LogP contribution in [0.4, 0.5) is 0 Å². The molecule has 1 saturated heterocycles. The van der Waals surface area contributed by atoms with Gasteiger partial charge < -0.3 is 15.4 Å². The second-order valence-electron chi connectivity index (χ2n) is 4.62. The number of benzene rings is 1. The molecule has 2 N–H and O–H groups in total. The predicted octanol–water partition coefficient (Wildman–Crippen LogP) is 0.632. The van der Waals surface area contributed by atoms with E-state index in [2.05, 4.69) is 10.6 Å². The first-order chi connectivity index (χ1) is 9.17. The number of carbonyl (C=O) groups excluding carboxylic acids is 2. The Morgan fingerprint density at radius 3 is 3.05 bits per heavy atom. The van der Waals surface area contributed by atoms with Gasteiger partial charge in [0.15, 0.2) is 0 Å². The molecule has 0 spiro atoms. The van der Waals surface area contributed by atoms with Crippen LogP contribution in [-0.2, 0) is 16.0 Å². The summed E-state index contributed by atoms with van der Waals surface area (Å²) in [5.41, 5.74) is 1.06. The summed E-state index contributed by atoms with van der Waals surface area (Å²) in [7, 11) is 1.62. The summed E-state index contributed by atoms with van der Waals surface area (Å²) < 4.78 is 5.13. The van der Waals surface area contributed by atoms with Crippen molar-refractivity contribution >= 4 is 11.8 Å². The standard InChI is InChI=1S/C14H18N2O3/c1-19-12-4-2-3-10(7-12)5-6-13(17)16-11-8-14(18)15-9-11/h2-4,7,11H,5-6,8-9H2,1H3,(H,15,18)(H,16,17). The van der Waals surface area contributed by atoms with Crippen molar-refractivity contribution in [2.45, 2.75) is 25.3 Å². The number of ether oxygens (including phenoxy) is 1. The monoisotopic (exact) mass is 262 g/mol. The minimum absolute atomic E-state index is 0.00176. The quantitative estimate of drug-likeness (QED) is 0.818. The summed E-state index contributed by atoms with van der Waals surface area (Å²) in [4.78, 5) is 22.8. The largest absolute Gasteiger partial charge is 0.497 e. The van der Waals surface area contributed by atoms with Crippen molar-refractivity contribution in [1.82, 2.24) is 10.6 Å². The van der Waals surface area contributed by atoms with Gasteiger partial charge in [0.05, 0.1) is 13.2 Å². The van der Waals surface area contributed by atoms with E-state index >= 15 is 0 Å². The maximum Gasteiger partial charge on any atom is 0.222 e. The third-order valence-electron chi connectivity index (χ3n) is 3.12. The second-order valence-corrected chi connectivity index (χ2v) is 4.62. The first kappa shape index (κ1) is 13.4. The lowest BCUT2D eigenvalue weighted by Crippen LogP contribution is -2.36. The SMILES string of the molecule is COc1cccc(CCC(=O)NC2CNC(=O)C2)c1. The molecule has 0 saturated carbocycles. The van der Waals surface area contributed by atoms with E-state index in [1.54, 1.807) is 7.11 Å². The van der Waals surface area contributed by atoms with Gasteiger partial charge in [0.25, 0.3) is 0 Å². The first-order valence-corrected chi connectivity index (χ1v) is 6.36. The minimum atomic E-state index is -0.0645. The first-order valence-electron chi connectivity index (χ1n) is 6.36. The molecule has 0 radical (unpaired) electrons. The van der Waals surface area contributed by atoms with Crippen LogP contribution in [0.3, 0.4) is 0 Å². The van der Waals surface area contributed by atoms with Gasteiger partial charge in [-0.2, -0.15) is 0 Å². The summed E-state index contributed by atoms with van der Waals surface area (Å²) >= 11 is 0. The molecule has 1 atom stereocenters. The maximum atomic E-state index is 11.8. The van der Waals surface area contributed by atoms with E-state index in [0.29, 0.717) is 25.8 Å². The second kappa shape index (κ2) is 6.22. The van der Waals surface area contributed by atoms with E-state index < -0.39 is 0 Å². The Hall–Kier alpha value is -2.04. The van der Waals surface area contributed by atoms with Crippen molar-refractivity contribution in [3.8, 4) is 5.75 Å². The summed E-state index contributed by atoms with van der Waals surface area (Å²) in [5.74, 6) is 0.769. The summed E-state index contributed by atoms with van der Waals surface area (Å²) in [6, 6.07) is 7.61. The van der Waals surface area contributed by atoms with Gasteiger partial charge in [-0.1, -0.05) is 12.1 Å². The van der Waals surface area contributed by atoms with Crippen LogP contribution in [0.25, 0.3) is 0 Å². The lowest BCUT2D eigenvalue weighted by Gasteiger charge is -2.10. The van der Waals surface area contributed by atoms with Crippen LogP contribution in [0.1, 0.15) is 18.4 Å². The van der Waals surface area contributed by atoms with E-state index in [-0.39, 0.29) is 17.9 Å². The van der Waals surface area contributed by atoms with Gasteiger partial charge in [-0.15, -0.1) is 0 Å². The highest BCUT2D eigenvalue weighted by Gasteiger charge is 2.22. The Kier molecular flexibility index (Phi) is 4.39. The number of amides is 2. The molecule has 1 fully saturated rings. The van der Waals surface area contributed by atoms with Crippen molar-refractivity contribution in [1.29, 1.82) is 0 Å². The Balaban J connectivity index is 1.78. The van der Waals surface area contributed by atoms with Gasteiger partial charge in [0.1, 0.15) is 5.75 Å². The molecule has 1 aliphatic heterocycles. The number of carbonyl (C=O) groups is 2. The number of aryl methyl sites for hydroxylation is 1. The van der Waals surface area contributed by atoms with Gasteiger partial charge in [0, 0.05) is 19.4 Å². The molecule has 0 aliphatic carbocycles. The van der Waals surface area contributed by atoms with Crippen molar-refractivity contribution in [3.63, 3.8) is 0 Å². The topological polar surface area (TPSA) is 67.4 Å². The van der Waals surface area contributed by atoms with Gasteiger partial charge in [-0.25, -0.2) is 0 Å². The number of hydrogen-bond acceptors (Lipinski definition) is 3. The number of rotatable bonds is 5. The fourth-order valence-corrected chi connectivity index (χ4v) is 2.09. The normalized spacial score (nSPS) is 17.9. The van der Waals surface area contributed by atoms with Gasteiger partial charge >= 0.3 is 0 Å². The van der Waals surface area contributed by atoms with Crippen LogP contribution in [0.15, 0.2) is 24.3 Å². The lowest BCUT2D eigenvalue weighted by atomic mass is 10.1. The van der Waals surface area contributed by atoms with Crippen LogP contribution >= 0.6 is 0 Å². The van der Waals surface area contributed by atoms with E-state index in [1.807, 2.05) is 24.3 Å². The molecular formula is C14H18N2O3. The summed E-state index contributed by atoms with van der Waals surface area (Å²) in [6.07, 6.45) is 1.46. The van der Waals surface area contributed by atoms with E-state index in [4.69, 9.17) is 4.74 Å². The van der Waals surface area contributed by atoms with Crippen molar-refractivity contribution < 1.29 is 14.3 Å². The third kappa shape index (κ3) is 3.98. The van der Waals surface area contributed by atoms with E-state index in [9.17, 15) is 9.59 Å². The molecule has 2 rings (SSSR count). The maximum absolute atomic E-state index is 11.8. The van der Waals surface area contributed by atoms with Crippen LogP contribution in [0.2, 0.25) is 0 Å².